The minimum absolute atomic E-state index is 0.0883. The highest BCUT2D eigenvalue weighted by molar-refractivity contribution is 5.70. The lowest BCUT2D eigenvalue weighted by molar-refractivity contribution is -0.163. The van der Waals surface area contributed by atoms with Crippen LogP contribution in [-0.2, 0) is 23.8 Å². The van der Waals surface area contributed by atoms with Gasteiger partial charge < -0.3 is 14.2 Å². The highest BCUT2D eigenvalue weighted by Gasteiger charge is 2.17. The second-order valence-corrected chi connectivity index (χ2v) is 12.8. The summed E-state index contributed by atoms with van der Waals surface area (Å²) in [5.41, 5.74) is 0. The quantitative estimate of drug-likeness (QED) is 0.0400. The molecule has 0 saturated heterocycles. The first-order chi connectivity index (χ1) is 21.6. The highest BCUT2D eigenvalue weighted by atomic mass is 16.6. The summed E-state index contributed by atoms with van der Waals surface area (Å²) in [6.07, 6.45) is 36.5. The highest BCUT2D eigenvalue weighted by Crippen LogP contribution is 2.13. The van der Waals surface area contributed by atoms with Crippen LogP contribution in [-0.4, -0.2) is 37.9 Å². The van der Waals surface area contributed by atoms with Crippen LogP contribution >= 0.6 is 0 Å². The van der Waals surface area contributed by atoms with E-state index in [4.69, 9.17) is 14.2 Å². The number of rotatable bonds is 35. The predicted octanol–water partition coefficient (Wildman–Crippen LogP) is 12.0. The van der Waals surface area contributed by atoms with Gasteiger partial charge >= 0.3 is 11.9 Å². The Bertz CT molecular complexity index is 632. The molecule has 0 N–H and O–H groups in total. The molecule has 1 unspecified atom stereocenters. The zero-order valence-electron chi connectivity index (χ0n) is 29.7. The van der Waals surface area contributed by atoms with Gasteiger partial charge in [0.2, 0.25) is 0 Å². The van der Waals surface area contributed by atoms with Gasteiger partial charge in [-0.15, -0.1) is 0 Å². The Balaban J connectivity index is 4.09. The van der Waals surface area contributed by atoms with Gasteiger partial charge in [-0.1, -0.05) is 155 Å². The maximum Gasteiger partial charge on any atom is 0.306 e. The van der Waals surface area contributed by atoms with Gasteiger partial charge in [0.25, 0.3) is 0 Å². The van der Waals surface area contributed by atoms with Gasteiger partial charge in [-0.3, -0.25) is 9.59 Å². The number of allylic oxidation sites excluding steroid dienone is 2. The first-order valence-corrected chi connectivity index (χ1v) is 19.2. The maximum absolute atomic E-state index is 12.4. The molecule has 5 heteroatoms. The van der Waals surface area contributed by atoms with Gasteiger partial charge in [0.1, 0.15) is 6.61 Å². The van der Waals surface area contributed by atoms with Crippen molar-refractivity contribution in [2.75, 3.05) is 19.8 Å². The molecule has 0 spiro atoms. The van der Waals surface area contributed by atoms with E-state index >= 15 is 0 Å². The third-order valence-corrected chi connectivity index (χ3v) is 8.30. The second kappa shape index (κ2) is 36.1. The van der Waals surface area contributed by atoms with Crippen molar-refractivity contribution >= 4 is 11.9 Å². The fraction of sp³-hybridized carbons (Fsp3) is 0.897. The van der Waals surface area contributed by atoms with E-state index in [1.165, 1.54) is 122 Å². The van der Waals surface area contributed by atoms with E-state index in [1.807, 2.05) is 0 Å². The van der Waals surface area contributed by atoms with Crippen LogP contribution in [0.25, 0.3) is 0 Å². The van der Waals surface area contributed by atoms with Gasteiger partial charge in [-0.2, -0.15) is 0 Å². The molecule has 0 aromatic rings. The van der Waals surface area contributed by atoms with Crippen molar-refractivity contribution in [3.63, 3.8) is 0 Å². The van der Waals surface area contributed by atoms with E-state index in [1.54, 1.807) is 0 Å². The second-order valence-electron chi connectivity index (χ2n) is 12.8. The van der Waals surface area contributed by atoms with Crippen molar-refractivity contribution in [3.05, 3.63) is 12.2 Å². The van der Waals surface area contributed by atoms with Crippen molar-refractivity contribution in [2.24, 2.45) is 0 Å². The zero-order chi connectivity index (χ0) is 32.2. The first kappa shape index (κ1) is 42.6. The molecule has 44 heavy (non-hydrogen) atoms. The molecule has 0 aromatic heterocycles. The molecule has 0 bridgehead atoms. The topological polar surface area (TPSA) is 61.8 Å². The molecule has 0 amide bonds. The Morgan fingerprint density at radius 3 is 1.41 bits per heavy atom. The molecule has 1 atom stereocenters. The van der Waals surface area contributed by atoms with Crippen molar-refractivity contribution in [2.45, 2.75) is 207 Å². The number of esters is 2. The normalized spacial score (nSPS) is 12.2. The molecule has 0 fully saturated rings. The summed E-state index contributed by atoms with van der Waals surface area (Å²) >= 11 is 0. The molecule has 0 rings (SSSR count). The van der Waals surface area contributed by atoms with Gasteiger partial charge in [0, 0.05) is 19.4 Å². The van der Waals surface area contributed by atoms with E-state index in [2.05, 4.69) is 32.9 Å². The van der Waals surface area contributed by atoms with Crippen LogP contribution in [0.2, 0.25) is 0 Å². The molecule has 0 radical (unpaired) electrons. The van der Waals surface area contributed by atoms with Crippen LogP contribution in [0, 0.1) is 0 Å². The number of carbonyl (C=O) groups excluding carboxylic acids is 2. The van der Waals surface area contributed by atoms with Gasteiger partial charge in [-0.05, 0) is 44.9 Å². The van der Waals surface area contributed by atoms with Crippen LogP contribution in [0.5, 0.6) is 0 Å². The molecule has 0 aliphatic rings. The van der Waals surface area contributed by atoms with Crippen molar-refractivity contribution < 1.29 is 23.8 Å². The number of ether oxygens (including phenoxy) is 3. The summed E-state index contributed by atoms with van der Waals surface area (Å²) < 4.78 is 17.1. The molecule has 0 aliphatic heterocycles. The number of unbranched alkanes of at least 4 members (excludes halogenated alkanes) is 22. The summed E-state index contributed by atoms with van der Waals surface area (Å²) in [7, 11) is 0. The predicted molar refractivity (Wildman–Crippen MR) is 187 cm³/mol. The van der Waals surface area contributed by atoms with Crippen LogP contribution in [0.1, 0.15) is 201 Å². The van der Waals surface area contributed by atoms with Gasteiger partial charge in [0.05, 0.1) is 6.61 Å². The molecular formula is C39H74O5. The average molecular weight is 623 g/mol. The lowest BCUT2D eigenvalue weighted by Gasteiger charge is -2.18. The Morgan fingerprint density at radius 1 is 0.477 bits per heavy atom. The maximum atomic E-state index is 12.4. The van der Waals surface area contributed by atoms with Crippen molar-refractivity contribution in [1.29, 1.82) is 0 Å². The summed E-state index contributed by atoms with van der Waals surface area (Å²) in [4.78, 5) is 24.8. The minimum Gasteiger partial charge on any atom is -0.462 e. The Hall–Kier alpha value is -1.36. The lowest BCUT2D eigenvalue weighted by atomic mass is 10.1. The summed E-state index contributed by atoms with van der Waals surface area (Å²) in [5.74, 6) is -0.410. The molecular weight excluding hydrogens is 548 g/mol. The number of carbonyl (C=O) groups is 2. The Morgan fingerprint density at radius 2 is 0.886 bits per heavy atom. The largest absolute Gasteiger partial charge is 0.462 e. The van der Waals surface area contributed by atoms with Crippen LogP contribution < -0.4 is 0 Å². The van der Waals surface area contributed by atoms with Crippen molar-refractivity contribution in [3.8, 4) is 0 Å². The van der Waals surface area contributed by atoms with Gasteiger partial charge in [-0.25, -0.2) is 0 Å². The minimum atomic E-state index is -0.523. The van der Waals surface area contributed by atoms with E-state index in [9.17, 15) is 9.59 Å². The van der Waals surface area contributed by atoms with Crippen LogP contribution in [0.3, 0.4) is 0 Å². The molecule has 0 heterocycles. The summed E-state index contributed by atoms with van der Waals surface area (Å²) in [6.45, 7) is 7.72. The zero-order valence-corrected chi connectivity index (χ0v) is 29.7. The average Bonchev–Trinajstić information content (AvgIpc) is 3.02. The van der Waals surface area contributed by atoms with Gasteiger partial charge in [0.15, 0.2) is 6.10 Å². The molecule has 0 aliphatic carbocycles. The number of hydrogen-bond acceptors (Lipinski definition) is 5. The molecule has 0 saturated carbocycles. The van der Waals surface area contributed by atoms with E-state index in [0.29, 0.717) is 19.4 Å². The Kier molecular flexibility index (Phi) is 35.0. The molecule has 5 nitrogen and oxygen atoms in total. The molecule has 260 valence electrons. The standard InChI is InChI=1S/C39H74O5/c1-4-7-10-13-15-17-18-19-20-21-23-25-28-31-34-42-35-37(44-39(41)33-30-26-12-9-6-3)36-43-38(40)32-29-27-24-22-16-14-11-8-5-2/h17-18,37H,4-16,19-36H2,1-3H3/b18-17-. The Labute approximate surface area is 274 Å². The first-order valence-electron chi connectivity index (χ1n) is 19.2. The van der Waals surface area contributed by atoms with Crippen molar-refractivity contribution in [1.82, 2.24) is 0 Å². The SMILES string of the molecule is CCCCCC/C=C\CCCCCCCCOCC(COC(=O)CCCCCCCCCCC)OC(=O)CCCCCCC. The van der Waals surface area contributed by atoms with E-state index in [0.717, 1.165) is 44.9 Å². The summed E-state index contributed by atoms with van der Waals surface area (Å²) in [5, 5.41) is 0. The van der Waals surface area contributed by atoms with Crippen LogP contribution in [0.4, 0.5) is 0 Å². The fourth-order valence-electron chi connectivity index (χ4n) is 5.38. The fourth-order valence-corrected chi connectivity index (χ4v) is 5.38. The lowest BCUT2D eigenvalue weighted by Crippen LogP contribution is -2.30. The third kappa shape index (κ3) is 33.5. The third-order valence-electron chi connectivity index (χ3n) is 8.30. The monoisotopic (exact) mass is 623 g/mol. The molecule has 0 aromatic carbocycles. The van der Waals surface area contributed by atoms with E-state index < -0.39 is 6.10 Å². The smallest absolute Gasteiger partial charge is 0.306 e. The van der Waals surface area contributed by atoms with E-state index in [-0.39, 0.29) is 25.2 Å². The van der Waals surface area contributed by atoms with Crippen LogP contribution in [0.15, 0.2) is 12.2 Å². The number of hydrogen-bond donors (Lipinski definition) is 0. The summed E-state index contributed by atoms with van der Waals surface area (Å²) in [6, 6.07) is 0.